The highest BCUT2D eigenvalue weighted by Crippen LogP contribution is 2.27. The van der Waals surface area contributed by atoms with Crippen LogP contribution in [0.5, 0.6) is 0 Å². The van der Waals surface area contributed by atoms with Crippen molar-refractivity contribution in [1.29, 1.82) is 5.26 Å². The Morgan fingerprint density at radius 1 is 0.909 bits per heavy atom. The Bertz CT molecular complexity index is 986. The summed E-state index contributed by atoms with van der Waals surface area (Å²) in [6.45, 7) is 0. The van der Waals surface area contributed by atoms with Crippen molar-refractivity contribution in [2.24, 2.45) is 0 Å². The lowest BCUT2D eigenvalue weighted by atomic mass is 10.0. The summed E-state index contributed by atoms with van der Waals surface area (Å²) in [5.41, 5.74) is 5.23. The minimum absolute atomic E-state index is 0.376. The van der Waals surface area contributed by atoms with Crippen molar-refractivity contribution in [3.05, 3.63) is 60.4 Å². The first-order valence-corrected chi connectivity index (χ1v) is 6.84. The molecule has 0 atom stereocenters. The molecule has 0 aliphatic heterocycles. The standard InChI is InChI=1S/C17H11N5/c18-10-16-17(21-22-20-16)12-3-1-11(2-4-12)13-5-6-15-14(9-13)7-8-19-15/h1-9,19H,(H,20,21,22). The fourth-order valence-electron chi connectivity index (χ4n) is 2.56. The number of aromatic amines is 2. The molecule has 5 heteroatoms. The van der Waals surface area contributed by atoms with E-state index in [1.165, 1.54) is 5.39 Å². The van der Waals surface area contributed by atoms with Crippen LogP contribution in [0.4, 0.5) is 0 Å². The zero-order valence-electron chi connectivity index (χ0n) is 11.5. The number of H-pyrrole nitrogens is 2. The van der Waals surface area contributed by atoms with Crippen LogP contribution in [0, 0.1) is 11.3 Å². The van der Waals surface area contributed by atoms with E-state index in [1.807, 2.05) is 30.5 Å². The third kappa shape index (κ3) is 1.95. The van der Waals surface area contributed by atoms with E-state index in [0.717, 1.165) is 22.2 Å². The summed E-state index contributed by atoms with van der Waals surface area (Å²) < 4.78 is 0. The molecule has 2 N–H and O–H groups in total. The highest BCUT2D eigenvalue weighted by Gasteiger charge is 2.09. The fourth-order valence-corrected chi connectivity index (χ4v) is 2.56. The summed E-state index contributed by atoms with van der Waals surface area (Å²) in [5, 5.41) is 20.4. The van der Waals surface area contributed by atoms with Crippen molar-refractivity contribution in [1.82, 2.24) is 20.4 Å². The fraction of sp³-hybridized carbons (Fsp3) is 0. The summed E-state index contributed by atoms with van der Waals surface area (Å²) in [4.78, 5) is 3.19. The van der Waals surface area contributed by atoms with Crippen LogP contribution in [-0.4, -0.2) is 20.4 Å². The van der Waals surface area contributed by atoms with Crippen LogP contribution in [0.3, 0.4) is 0 Å². The molecule has 2 heterocycles. The summed E-state index contributed by atoms with van der Waals surface area (Å²) in [5.74, 6) is 0. The molecule has 0 aliphatic rings. The quantitative estimate of drug-likeness (QED) is 0.591. The minimum Gasteiger partial charge on any atom is -0.361 e. The van der Waals surface area contributed by atoms with Crippen molar-refractivity contribution in [2.75, 3.05) is 0 Å². The summed E-state index contributed by atoms with van der Waals surface area (Å²) in [6, 6.07) is 18.4. The zero-order valence-corrected chi connectivity index (χ0v) is 11.5. The van der Waals surface area contributed by atoms with Gasteiger partial charge in [-0.1, -0.05) is 35.5 Å². The lowest BCUT2D eigenvalue weighted by Gasteiger charge is -2.04. The van der Waals surface area contributed by atoms with Gasteiger partial charge in [0.1, 0.15) is 11.8 Å². The smallest absolute Gasteiger partial charge is 0.163 e. The van der Waals surface area contributed by atoms with E-state index in [1.54, 1.807) is 0 Å². The number of hydrogen-bond donors (Lipinski definition) is 2. The molecule has 0 saturated carbocycles. The predicted molar refractivity (Wildman–Crippen MR) is 83.8 cm³/mol. The summed E-state index contributed by atoms with van der Waals surface area (Å²) in [7, 11) is 0. The van der Waals surface area contributed by atoms with Gasteiger partial charge in [-0.3, -0.25) is 0 Å². The van der Waals surface area contributed by atoms with Crippen molar-refractivity contribution >= 4 is 10.9 Å². The van der Waals surface area contributed by atoms with Gasteiger partial charge in [-0.15, -0.1) is 5.10 Å². The molecule has 0 fully saturated rings. The molecule has 0 amide bonds. The maximum atomic E-state index is 9.02. The van der Waals surface area contributed by atoms with E-state index in [2.05, 4.69) is 50.7 Å². The molecule has 4 rings (SSSR count). The van der Waals surface area contributed by atoms with Crippen molar-refractivity contribution in [2.45, 2.75) is 0 Å². The maximum Gasteiger partial charge on any atom is 0.163 e. The van der Waals surface area contributed by atoms with E-state index >= 15 is 0 Å². The normalized spacial score (nSPS) is 10.7. The minimum atomic E-state index is 0.376. The average Bonchev–Trinajstić information content (AvgIpc) is 3.23. The van der Waals surface area contributed by atoms with Gasteiger partial charge >= 0.3 is 0 Å². The lowest BCUT2D eigenvalue weighted by molar-refractivity contribution is 0.937. The average molecular weight is 285 g/mol. The van der Waals surface area contributed by atoms with Crippen molar-refractivity contribution < 1.29 is 0 Å². The number of fused-ring (bicyclic) bond motifs is 1. The molecule has 2 aromatic heterocycles. The number of aromatic nitrogens is 4. The van der Waals surface area contributed by atoms with Gasteiger partial charge in [-0.05, 0) is 34.7 Å². The second-order valence-corrected chi connectivity index (χ2v) is 5.00. The number of hydrogen-bond acceptors (Lipinski definition) is 3. The molecule has 0 saturated heterocycles. The molecule has 0 radical (unpaired) electrons. The monoisotopic (exact) mass is 285 g/mol. The maximum absolute atomic E-state index is 9.02. The van der Waals surface area contributed by atoms with Gasteiger partial charge < -0.3 is 4.98 Å². The Balaban J connectivity index is 1.74. The van der Waals surface area contributed by atoms with E-state index in [4.69, 9.17) is 5.26 Å². The Morgan fingerprint density at radius 3 is 2.50 bits per heavy atom. The molecular weight excluding hydrogens is 274 g/mol. The highest BCUT2D eigenvalue weighted by atomic mass is 15.3. The first kappa shape index (κ1) is 12.4. The zero-order chi connectivity index (χ0) is 14.9. The van der Waals surface area contributed by atoms with Crippen LogP contribution in [-0.2, 0) is 0 Å². The van der Waals surface area contributed by atoms with E-state index in [9.17, 15) is 0 Å². The molecule has 0 aliphatic carbocycles. The first-order chi connectivity index (χ1) is 10.8. The second kappa shape index (κ2) is 4.86. The van der Waals surface area contributed by atoms with Crippen LogP contribution in [0.25, 0.3) is 33.3 Å². The SMILES string of the molecule is N#Cc1[nH]nnc1-c1ccc(-c2ccc3[nH]ccc3c2)cc1. The van der Waals surface area contributed by atoms with E-state index < -0.39 is 0 Å². The number of benzene rings is 2. The topological polar surface area (TPSA) is 81.2 Å². The number of nitrogens with one attached hydrogen (secondary N) is 2. The van der Waals surface area contributed by atoms with Gasteiger partial charge in [0.2, 0.25) is 0 Å². The van der Waals surface area contributed by atoms with Crippen LogP contribution in [0.2, 0.25) is 0 Å². The summed E-state index contributed by atoms with van der Waals surface area (Å²) in [6.07, 6.45) is 1.94. The molecule has 104 valence electrons. The molecular formula is C17H11N5. The Labute approximate surface area is 126 Å². The molecule has 4 aromatic rings. The largest absolute Gasteiger partial charge is 0.361 e. The Hall–Kier alpha value is -3.39. The van der Waals surface area contributed by atoms with E-state index in [0.29, 0.717) is 11.4 Å². The molecule has 0 spiro atoms. The Morgan fingerprint density at radius 2 is 1.68 bits per heavy atom. The van der Waals surface area contributed by atoms with Crippen LogP contribution >= 0.6 is 0 Å². The molecule has 5 nitrogen and oxygen atoms in total. The predicted octanol–water partition coefficient (Wildman–Crippen LogP) is 3.49. The van der Waals surface area contributed by atoms with Crippen LogP contribution in [0.1, 0.15) is 5.69 Å². The Kier molecular flexibility index (Phi) is 2.73. The number of nitriles is 1. The van der Waals surface area contributed by atoms with Crippen LogP contribution in [0.15, 0.2) is 54.7 Å². The first-order valence-electron chi connectivity index (χ1n) is 6.84. The van der Waals surface area contributed by atoms with Gasteiger partial charge in [-0.25, -0.2) is 5.10 Å². The van der Waals surface area contributed by atoms with Gasteiger partial charge in [0.25, 0.3) is 0 Å². The van der Waals surface area contributed by atoms with Gasteiger partial charge in [0, 0.05) is 17.3 Å². The molecule has 0 unspecified atom stereocenters. The summed E-state index contributed by atoms with van der Waals surface area (Å²) >= 11 is 0. The lowest BCUT2D eigenvalue weighted by Crippen LogP contribution is -1.84. The third-order valence-electron chi connectivity index (χ3n) is 3.71. The van der Waals surface area contributed by atoms with Gasteiger partial charge in [0.05, 0.1) is 0 Å². The molecule has 22 heavy (non-hydrogen) atoms. The highest BCUT2D eigenvalue weighted by molar-refractivity contribution is 5.85. The molecule has 0 bridgehead atoms. The number of rotatable bonds is 2. The number of nitrogens with zero attached hydrogens (tertiary/aromatic N) is 3. The van der Waals surface area contributed by atoms with Gasteiger partial charge in [-0.2, -0.15) is 5.26 Å². The third-order valence-corrected chi connectivity index (χ3v) is 3.71. The van der Waals surface area contributed by atoms with Gasteiger partial charge in [0.15, 0.2) is 5.69 Å². The van der Waals surface area contributed by atoms with Crippen molar-refractivity contribution in [3.63, 3.8) is 0 Å². The second-order valence-electron chi connectivity index (χ2n) is 5.00. The van der Waals surface area contributed by atoms with Crippen LogP contribution < -0.4 is 0 Å². The molecule has 2 aromatic carbocycles. The van der Waals surface area contributed by atoms with E-state index in [-0.39, 0.29) is 0 Å². The van der Waals surface area contributed by atoms with Crippen molar-refractivity contribution in [3.8, 4) is 28.5 Å².